The number of carbonyl (C=O) groups is 1. The second-order valence-electron chi connectivity index (χ2n) is 7.53. The summed E-state index contributed by atoms with van der Waals surface area (Å²) in [5, 5.41) is 3.01. The number of nitrogens with one attached hydrogen (secondary N) is 1. The summed E-state index contributed by atoms with van der Waals surface area (Å²) in [5.41, 5.74) is 2.51. The lowest BCUT2D eigenvalue weighted by molar-refractivity contribution is -0.121. The van der Waals surface area contributed by atoms with E-state index in [-0.39, 0.29) is 16.8 Å². The molecular weight excluding hydrogens is 412 g/mol. The standard InChI is InChI=1S/C23H30N4O3S/c1-5-27(6-2)31(29,30)19-12-13-21-20(16-19)25-22(26(21)4)14-15-23(28)24-17(3)18-10-8-7-9-11-18/h7-13,16-17H,5-6,14-15H2,1-4H3,(H,24,28)/t17-/m0/s1. The lowest BCUT2D eigenvalue weighted by Crippen LogP contribution is -2.30. The molecule has 8 heteroatoms. The van der Waals surface area contributed by atoms with Gasteiger partial charge in [0.25, 0.3) is 0 Å². The molecule has 0 aliphatic heterocycles. The molecule has 1 aromatic heterocycles. The summed E-state index contributed by atoms with van der Waals surface area (Å²) in [6.07, 6.45) is 0.773. The Morgan fingerprint density at radius 1 is 1.13 bits per heavy atom. The first-order chi connectivity index (χ1) is 14.8. The maximum absolute atomic E-state index is 12.8. The third-order valence-electron chi connectivity index (χ3n) is 5.54. The smallest absolute Gasteiger partial charge is 0.243 e. The van der Waals surface area contributed by atoms with Crippen LogP contribution in [0.25, 0.3) is 11.0 Å². The molecule has 0 aliphatic rings. The third-order valence-corrected chi connectivity index (χ3v) is 7.59. The van der Waals surface area contributed by atoms with Gasteiger partial charge in [0.1, 0.15) is 5.82 Å². The van der Waals surface area contributed by atoms with Gasteiger partial charge in [-0.25, -0.2) is 13.4 Å². The van der Waals surface area contributed by atoms with Crippen molar-refractivity contribution in [2.45, 2.75) is 44.6 Å². The van der Waals surface area contributed by atoms with Crippen molar-refractivity contribution in [2.75, 3.05) is 13.1 Å². The minimum absolute atomic E-state index is 0.0480. The molecule has 166 valence electrons. The molecule has 1 atom stereocenters. The fourth-order valence-corrected chi connectivity index (χ4v) is 5.17. The molecule has 0 saturated carbocycles. The lowest BCUT2D eigenvalue weighted by Gasteiger charge is -2.18. The summed E-state index contributed by atoms with van der Waals surface area (Å²) < 4.78 is 28.9. The largest absolute Gasteiger partial charge is 0.350 e. The van der Waals surface area contributed by atoms with Crippen LogP contribution < -0.4 is 5.32 Å². The first kappa shape index (κ1) is 23.0. The van der Waals surface area contributed by atoms with Gasteiger partial charge in [-0.05, 0) is 30.7 Å². The van der Waals surface area contributed by atoms with Crippen molar-refractivity contribution < 1.29 is 13.2 Å². The van der Waals surface area contributed by atoms with Crippen LogP contribution in [0, 0.1) is 0 Å². The van der Waals surface area contributed by atoms with Crippen LogP contribution in [-0.4, -0.2) is 41.3 Å². The second-order valence-corrected chi connectivity index (χ2v) is 9.46. The quantitative estimate of drug-likeness (QED) is 0.550. The Balaban J connectivity index is 1.73. The number of nitrogens with zero attached hydrogens (tertiary/aromatic N) is 3. The summed E-state index contributed by atoms with van der Waals surface area (Å²) in [6, 6.07) is 14.8. The van der Waals surface area contributed by atoms with Gasteiger partial charge in [-0.15, -0.1) is 0 Å². The summed E-state index contributed by atoms with van der Waals surface area (Å²) >= 11 is 0. The highest BCUT2D eigenvalue weighted by molar-refractivity contribution is 7.89. The summed E-state index contributed by atoms with van der Waals surface area (Å²) in [7, 11) is -1.66. The number of benzene rings is 2. The Morgan fingerprint density at radius 3 is 2.45 bits per heavy atom. The minimum Gasteiger partial charge on any atom is -0.350 e. The number of fused-ring (bicyclic) bond motifs is 1. The van der Waals surface area contributed by atoms with Crippen molar-refractivity contribution in [2.24, 2.45) is 7.05 Å². The predicted octanol–water partition coefficient (Wildman–Crippen LogP) is 3.41. The zero-order valence-corrected chi connectivity index (χ0v) is 19.3. The van der Waals surface area contributed by atoms with Crippen LogP contribution >= 0.6 is 0 Å². The predicted molar refractivity (Wildman–Crippen MR) is 122 cm³/mol. The molecule has 0 aliphatic carbocycles. The van der Waals surface area contributed by atoms with E-state index in [4.69, 9.17) is 0 Å². The molecule has 3 rings (SSSR count). The highest BCUT2D eigenvalue weighted by Gasteiger charge is 2.23. The molecule has 1 heterocycles. The molecule has 31 heavy (non-hydrogen) atoms. The SMILES string of the molecule is CCN(CC)S(=O)(=O)c1ccc2c(c1)nc(CCC(=O)N[C@@H](C)c1ccccc1)n2C. The van der Waals surface area contributed by atoms with E-state index in [1.54, 1.807) is 18.2 Å². The van der Waals surface area contributed by atoms with Crippen LogP contribution in [0.2, 0.25) is 0 Å². The summed E-state index contributed by atoms with van der Waals surface area (Å²) in [5.74, 6) is 0.697. The molecule has 0 unspecified atom stereocenters. The number of hydrogen-bond acceptors (Lipinski definition) is 4. The van der Waals surface area contributed by atoms with E-state index in [0.717, 1.165) is 16.9 Å². The third kappa shape index (κ3) is 4.97. The number of imidazole rings is 1. The van der Waals surface area contributed by atoms with Gasteiger partial charge < -0.3 is 9.88 Å². The summed E-state index contributed by atoms with van der Waals surface area (Å²) in [4.78, 5) is 17.3. The molecule has 0 fully saturated rings. The zero-order chi connectivity index (χ0) is 22.6. The number of sulfonamides is 1. The van der Waals surface area contributed by atoms with Crippen LogP contribution in [0.3, 0.4) is 0 Å². The number of hydrogen-bond donors (Lipinski definition) is 1. The van der Waals surface area contributed by atoms with E-state index in [2.05, 4.69) is 10.3 Å². The van der Waals surface area contributed by atoms with Gasteiger partial charge in [-0.3, -0.25) is 4.79 Å². The van der Waals surface area contributed by atoms with Gasteiger partial charge in [0.2, 0.25) is 15.9 Å². The normalized spacial score (nSPS) is 12.9. The van der Waals surface area contributed by atoms with Crippen molar-refractivity contribution in [3.05, 3.63) is 59.9 Å². The highest BCUT2D eigenvalue weighted by Crippen LogP contribution is 2.23. The maximum Gasteiger partial charge on any atom is 0.243 e. The fraction of sp³-hybridized carbons (Fsp3) is 0.391. The van der Waals surface area contributed by atoms with E-state index < -0.39 is 10.0 Å². The molecule has 1 amide bonds. The number of carbonyl (C=O) groups excluding carboxylic acids is 1. The first-order valence-corrected chi connectivity index (χ1v) is 12.0. The minimum atomic E-state index is -3.54. The van der Waals surface area contributed by atoms with Crippen molar-refractivity contribution in [1.29, 1.82) is 0 Å². The van der Waals surface area contributed by atoms with Gasteiger partial charge in [-0.1, -0.05) is 44.2 Å². The topological polar surface area (TPSA) is 84.3 Å². The van der Waals surface area contributed by atoms with E-state index in [9.17, 15) is 13.2 Å². The Bertz CT molecular complexity index is 1150. The van der Waals surface area contributed by atoms with Crippen molar-refractivity contribution in [3.8, 4) is 0 Å². The second kappa shape index (κ2) is 9.62. The molecule has 2 aromatic carbocycles. The van der Waals surface area contributed by atoms with Crippen molar-refractivity contribution in [1.82, 2.24) is 19.2 Å². The zero-order valence-electron chi connectivity index (χ0n) is 18.5. The average Bonchev–Trinajstić information content (AvgIpc) is 3.08. The number of rotatable bonds is 9. The molecular formula is C23H30N4O3S. The molecule has 3 aromatic rings. The Hall–Kier alpha value is -2.71. The maximum atomic E-state index is 12.8. The number of amides is 1. The molecule has 0 saturated heterocycles. The first-order valence-electron chi connectivity index (χ1n) is 10.6. The average molecular weight is 443 g/mol. The van der Waals surface area contributed by atoms with Crippen LogP contribution in [0.5, 0.6) is 0 Å². The molecule has 1 N–H and O–H groups in total. The number of aromatic nitrogens is 2. The summed E-state index contributed by atoms with van der Waals surface area (Å²) in [6.45, 7) is 6.44. The van der Waals surface area contributed by atoms with Crippen LogP contribution in [-0.2, 0) is 28.3 Å². The molecule has 0 spiro atoms. The molecule has 0 radical (unpaired) electrons. The van der Waals surface area contributed by atoms with Crippen molar-refractivity contribution in [3.63, 3.8) is 0 Å². The monoisotopic (exact) mass is 442 g/mol. The highest BCUT2D eigenvalue weighted by atomic mass is 32.2. The van der Waals surface area contributed by atoms with Gasteiger partial charge in [0.05, 0.1) is 22.0 Å². The van der Waals surface area contributed by atoms with Crippen molar-refractivity contribution >= 4 is 27.0 Å². The Labute approximate surface area is 184 Å². The van der Waals surface area contributed by atoms with E-state index in [1.165, 1.54) is 4.31 Å². The molecule has 0 bridgehead atoms. The number of aryl methyl sites for hydroxylation is 2. The van der Waals surface area contributed by atoms with Gasteiger partial charge in [0, 0.05) is 33.0 Å². The van der Waals surface area contributed by atoms with Gasteiger partial charge in [0.15, 0.2) is 0 Å². The van der Waals surface area contributed by atoms with E-state index in [1.807, 2.05) is 62.7 Å². The van der Waals surface area contributed by atoms with Crippen LogP contribution in [0.1, 0.15) is 44.6 Å². The fourth-order valence-electron chi connectivity index (χ4n) is 3.69. The Morgan fingerprint density at radius 2 is 1.81 bits per heavy atom. The van der Waals surface area contributed by atoms with Gasteiger partial charge >= 0.3 is 0 Å². The molecule has 7 nitrogen and oxygen atoms in total. The van der Waals surface area contributed by atoms with Gasteiger partial charge in [-0.2, -0.15) is 4.31 Å². The Kier molecular flexibility index (Phi) is 7.12. The van der Waals surface area contributed by atoms with Crippen LogP contribution in [0.15, 0.2) is 53.4 Å². The van der Waals surface area contributed by atoms with E-state index >= 15 is 0 Å². The lowest BCUT2D eigenvalue weighted by atomic mass is 10.1. The van der Waals surface area contributed by atoms with Crippen LogP contribution in [0.4, 0.5) is 0 Å². The van der Waals surface area contributed by atoms with E-state index in [0.29, 0.717) is 31.4 Å².